The zero-order valence-electron chi connectivity index (χ0n) is 18.6. The van der Waals surface area contributed by atoms with Crippen molar-refractivity contribution < 1.29 is 14.3 Å². The van der Waals surface area contributed by atoms with Gasteiger partial charge in [0, 0.05) is 31.1 Å². The Morgan fingerprint density at radius 2 is 1.97 bits per heavy atom. The first kappa shape index (κ1) is 21.7. The highest BCUT2D eigenvalue weighted by molar-refractivity contribution is 6.34. The number of halogens is 1. The summed E-state index contributed by atoms with van der Waals surface area (Å²) in [6, 6.07) is 2.76. The number of anilines is 2. The highest BCUT2D eigenvalue weighted by atomic mass is 35.5. The van der Waals surface area contributed by atoms with Gasteiger partial charge in [-0.1, -0.05) is 11.6 Å². The summed E-state index contributed by atoms with van der Waals surface area (Å²) in [5.74, 6) is 0.0423. The van der Waals surface area contributed by atoms with Crippen molar-refractivity contribution in [3.8, 4) is 0 Å². The first-order chi connectivity index (χ1) is 15.6. The molecule has 3 atom stereocenters. The summed E-state index contributed by atoms with van der Waals surface area (Å²) in [6.07, 6.45) is 4.91. The molecule has 174 valence electrons. The molecule has 3 aliphatic rings. The van der Waals surface area contributed by atoms with E-state index in [1.54, 1.807) is 17.2 Å². The fourth-order valence-electron chi connectivity index (χ4n) is 5.24. The van der Waals surface area contributed by atoms with Gasteiger partial charge in [0.25, 0.3) is 11.5 Å². The van der Waals surface area contributed by atoms with E-state index >= 15 is 0 Å². The third kappa shape index (κ3) is 3.62. The smallest absolute Gasteiger partial charge is 0.410 e. The molecule has 0 saturated carbocycles. The monoisotopic (exact) mass is 472 g/mol. The maximum atomic E-state index is 13.6. The summed E-state index contributed by atoms with van der Waals surface area (Å²) in [5, 5.41) is 6.17. The van der Waals surface area contributed by atoms with Crippen LogP contribution in [0.3, 0.4) is 0 Å². The molecule has 2 saturated heterocycles. The Balaban J connectivity index is 1.52. The first-order valence-corrected chi connectivity index (χ1v) is 11.3. The van der Waals surface area contributed by atoms with Crippen molar-refractivity contribution in [2.45, 2.75) is 69.8 Å². The average Bonchev–Trinajstić information content (AvgIpc) is 3.17. The Kier molecular flexibility index (Phi) is 4.89. The standard InChI is InChI=1S/C22H25ClN6O4/c1-21(2,3)33-20(32)28-12-4-5-13(28)10-22(9-12)27-18(30)17-14(23)8-15(19(31)29(17)22)26-16-6-7-24-11-25-16/h6-8,11-13H,4-5,9-10H2,1-3H3,(H,27,30)(H,24,25,26)/t12-,13?,22?/m1/s1. The maximum absolute atomic E-state index is 13.6. The molecule has 2 bridgehead atoms. The molecule has 2 aromatic rings. The highest BCUT2D eigenvalue weighted by Gasteiger charge is 2.56. The summed E-state index contributed by atoms with van der Waals surface area (Å²) in [5.41, 5.74) is -1.59. The van der Waals surface area contributed by atoms with Crippen LogP contribution >= 0.6 is 11.6 Å². The van der Waals surface area contributed by atoms with E-state index < -0.39 is 17.2 Å². The van der Waals surface area contributed by atoms with Gasteiger partial charge in [-0.25, -0.2) is 14.8 Å². The van der Waals surface area contributed by atoms with Crippen LogP contribution in [0.15, 0.2) is 29.5 Å². The number of ether oxygens (including phenoxy) is 1. The predicted octanol–water partition coefficient (Wildman–Crippen LogP) is 2.99. The molecule has 2 unspecified atom stereocenters. The summed E-state index contributed by atoms with van der Waals surface area (Å²) in [7, 11) is 0. The van der Waals surface area contributed by atoms with E-state index in [1.807, 2.05) is 20.8 Å². The summed E-state index contributed by atoms with van der Waals surface area (Å²) >= 11 is 6.47. The van der Waals surface area contributed by atoms with Gasteiger partial charge in [-0.2, -0.15) is 0 Å². The topological polar surface area (TPSA) is 118 Å². The Bertz CT molecular complexity index is 1180. The lowest BCUT2D eigenvalue weighted by molar-refractivity contribution is -0.0125. The quantitative estimate of drug-likeness (QED) is 0.689. The lowest BCUT2D eigenvalue weighted by Gasteiger charge is -2.45. The van der Waals surface area contributed by atoms with Crippen LogP contribution in [-0.4, -0.2) is 49.1 Å². The second-order valence-electron chi connectivity index (χ2n) is 9.78. The molecule has 2 N–H and O–H groups in total. The number of fused-ring (bicyclic) bond motifs is 4. The number of hydrogen-bond acceptors (Lipinski definition) is 7. The molecule has 0 aliphatic carbocycles. The highest BCUT2D eigenvalue weighted by Crippen LogP contribution is 2.46. The number of aromatic nitrogens is 3. The van der Waals surface area contributed by atoms with Crippen molar-refractivity contribution in [2.75, 3.05) is 5.32 Å². The van der Waals surface area contributed by atoms with Gasteiger partial charge in [0.15, 0.2) is 0 Å². The average molecular weight is 473 g/mol. The van der Waals surface area contributed by atoms with Gasteiger partial charge in [0.1, 0.15) is 34.8 Å². The lowest BCUT2D eigenvalue weighted by Crippen LogP contribution is -2.60. The fraction of sp³-hybridized carbons (Fsp3) is 0.500. The van der Waals surface area contributed by atoms with Crippen molar-refractivity contribution in [1.29, 1.82) is 0 Å². The van der Waals surface area contributed by atoms with Crippen molar-refractivity contribution in [3.63, 3.8) is 0 Å². The van der Waals surface area contributed by atoms with Crippen LogP contribution in [0.4, 0.5) is 16.3 Å². The molecule has 0 radical (unpaired) electrons. The van der Waals surface area contributed by atoms with Gasteiger partial charge in [0.05, 0.1) is 5.02 Å². The van der Waals surface area contributed by atoms with Crippen LogP contribution in [0.5, 0.6) is 0 Å². The predicted molar refractivity (Wildman–Crippen MR) is 121 cm³/mol. The number of nitrogens with one attached hydrogen (secondary N) is 2. The van der Waals surface area contributed by atoms with Crippen molar-refractivity contribution in [3.05, 3.63) is 45.7 Å². The molecule has 11 heteroatoms. The molecule has 1 spiro atoms. The Morgan fingerprint density at radius 3 is 2.58 bits per heavy atom. The van der Waals surface area contributed by atoms with Gasteiger partial charge in [0.2, 0.25) is 0 Å². The molecule has 5 heterocycles. The second-order valence-corrected chi connectivity index (χ2v) is 10.2. The van der Waals surface area contributed by atoms with Gasteiger partial charge >= 0.3 is 6.09 Å². The van der Waals surface area contributed by atoms with E-state index in [0.29, 0.717) is 18.7 Å². The van der Waals surface area contributed by atoms with Crippen LogP contribution in [-0.2, 0) is 10.4 Å². The summed E-state index contributed by atoms with van der Waals surface area (Å²) in [6.45, 7) is 5.50. The van der Waals surface area contributed by atoms with Crippen molar-refractivity contribution in [2.24, 2.45) is 0 Å². The van der Waals surface area contributed by atoms with E-state index in [2.05, 4.69) is 20.6 Å². The van der Waals surface area contributed by atoms with Crippen molar-refractivity contribution in [1.82, 2.24) is 24.8 Å². The summed E-state index contributed by atoms with van der Waals surface area (Å²) in [4.78, 5) is 49.1. The fourth-order valence-corrected chi connectivity index (χ4v) is 5.52. The van der Waals surface area contributed by atoms with E-state index in [9.17, 15) is 14.4 Å². The number of carbonyl (C=O) groups is 2. The van der Waals surface area contributed by atoms with Crippen LogP contribution in [0.25, 0.3) is 0 Å². The second kappa shape index (κ2) is 7.44. The van der Waals surface area contributed by atoms with Crippen LogP contribution in [0, 0.1) is 0 Å². The number of hydrogen-bond donors (Lipinski definition) is 2. The van der Waals surface area contributed by atoms with E-state index in [0.717, 1.165) is 12.8 Å². The first-order valence-electron chi connectivity index (χ1n) is 10.9. The maximum Gasteiger partial charge on any atom is 0.410 e. The van der Waals surface area contributed by atoms with Gasteiger partial charge in [-0.15, -0.1) is 0 Å². The SMILES string of the molecule is CC(C)(C)OC(=O)N1C2CC[C@@H]1CC1(C2)NC(=O)c2c(Cl)cc(Nc3ccncn3)c(=O)n21. The molecule has 5 rings (SSSR count). The Hall–Kier alpha value is -3.14. The molecule has 33 heavy (non-hydrogen) atoms. The molecular weight excluding hydrogens is 448 g/mol. The van der Waals surface area contributed by atoms with Gasteiger partial charge in [-0.05, 0) is 45.7 Å². The minimum atomic E-state index is -0.957. The Labute approximate surface area is 195 Å². The third-order valence-electron chi connectivity index (χ3n) is 6.36. The molecule has 3 aliphatic heterocycles. The number of piperidine rings is 1. The van der Waals surface area contributed by atoms with Gasteiger partial charge < -0.3 is 20.3 Å². The zero-order chi connectivity index (χ0) is 23.5. The number of rotatable bonds is 2. The van der Waals surface area contributed by atoms with Crippen LogP contribution < -0.4 is 16.2 Å². The number of nitrogens with zero attached hydrogens (tertiary/aromatic N) is 4. The van der Waals surface area contributed by atoms with E-state index in [1.165, 1.54) is 17.0 Å². The van der Waals surface area contributed by atoms with Crippen LogP contribution in [0.1, 0.15) is 56.9 Å². The van der Waals surface area contributed by atoms with E-state index in [-0.39, 0.29) is 40.1 Å². The zero-order valence-corrected chi connectivity index (χ0v) is 19.3. The molecule has 2 fully saturated rings. The minimum Gasteiger partial charge on any atom is -0.444 e. The van der Waals surface area contributed by atoms with Crippen molar-refractivity contribution >= 4 is 35.1 Å². The molecular formula is C22H25ClN6O4. The molecule has 2 aromatic heterocycles. The van der Waals surface area contributed by atoms with E-state index in [4.69, 9.17) is 16.3 Å². The number of amides is 2. The normalized spacial score (nSPS) is 25.7. The van der Waals surface area contributed by atoms with Gasteiger partial charge in [-0.3, -0.25) is 14.2 Å². The number of pyridine rings is 1. The lowest BCUT2D eigenvalue weighted by atomic mass is 9.90. The summed E-state index contributed by atoms with van der Waals surface area (Å²) < 4.78 is 7.09. The Morgan fingerprint density at radius 1 is 1.27 bits per heavy atom. The van der Waals surface area contributed by atoms with Crippen LogP contribution in [0.2, 0.25) is 5.02 Å². The minimum absolute atomic E-state index is 0.139. The third-order valence-corrected chi connectivity index (χ3v) is 6.65. The number of carbonyl (C=O) groups excluding carboxylic acids is 2. The molecule has 0 aromatic carbocycles. The largest absolute Gasteiger partial charge is 0.444 e. The molecule has 2 amide bonds. The molecule has 10 nitrogen and oxygen atoms in total.